The van der Waals surface area contributed by atoms with Crippen LogP contribution in [0.1, 0.15) is 56.0 Å². The number of carbonyl (C=O) groups excluding carboxylic acids is 2. The first-order valence-corrected chi connectivity index (χ1v) is 13.0. The Morgan fingerprint density at radius 3 is 2.34 bits per heavy atom. The van der Waals surface area contributed by atoms with Crippen LogP contribution >= 0.6 is 11.9 Å². The number of hydrogen-bond acceptors (Lipinski definition) is 7. The smallest absolute Gasteiger partial charge is 0.410 e. The summed E-state index contributed by atoms with van der Waals surface area (Å²) in [6.07, 6.45) is 3.99. The van der Waals surface area contributed by atoms with Gasteiger partial charge in [-0.3, -0.25) is 4.79 Å². The maximum Gasteiger partial charge on any atom is 0.410 e. The first-order valence-electron chi connectivity index (χ1n) is 11.8. The Hall–Kier alpha value is -2.87. The summed E-state index contributed by atoms with van der Waals surface area (Å²) in [6.45, 7) is 6.59. The Labute approximate surface area is 213 Å². The van der Waals surface area contributed by atoms with Gasteiger partial charge in [0.15, 0.2) is 5.78 Å². The Balaban J connectivity index is 1.96. The quantitative estimate of drug-likeness (QED) is 0.198. The average molecular weight is 503 g/mol. The van der Waals surface area contributed by atoms with Crippen molar-refractivity contribution in [3.63, 3.8) is 0 Å². The van der Waals surface area contributed by atoms with Gasteiger partial charge in [0, 0.05) is 31.3 Å². The number of rotatable bonds is 13. The zero-order valence-electron chi connectivity index (χ0n) is 21.7. The molecule has 2 aromatic rings. The minimum atomic E-state index is -0.577. The van der Waals surface area contributed by atoms with E-state index in [1.807, 2.05) is 57.4 Å². The van der Waals surface area contributed by atoms with Gasteiger partial charge >= 0.3 is 6.09 Å². The van der Waals surface area contributed by atoms with E-state index in [1.165, 1.54) is 11.9 Å². The minimum absolute atomic E-state index is 0.0645. The van der Waals surface area contributed by atoms with Crippen molar-refractivity contribution in [2.75, 3.05) is 38.3 Å². The summed E-state index contributed by atoms with van der Waals surface area (Å²) in [5.74, 6) is 1.56. The molecule has 1 N–H and O–H groups in total. The molecule has 8 heteroatoms. The average Bonchev–Trinajstić information content (AvgIpc) is 2.82. The summed E-state index contributed by atoms with van der Waals surface area (Å²) < 4.78 is 19.5. The summed E-state index contributed by atoms with van der Waals surface area (Å²) in [7, 11) is 3.25. The monoisotopic (exact) mass is 502 g/mol. The van der Waals surface area contributed by atoms with E-state index >= 15 is 0 Å². The number of nitrogens with one attached hydrogen (secondary N) is 1. The molecular weight excluding hydrogens is 464 g/mol. The van der Waals surface area contributed by atoms with Gasteiger partial charge in [-0.25, -0.2) is 4.79 Å². The van der Waals surface area contributed by atoms with Crippen LogP contribution in [0.2, 0.25) is 0 Å². The normalized spacial score (nSPS) is 11.0. The Bertz CT molecular complexity index is 974. The van der Waals surface area contributed by atoms with Crippen molar-refractivity contribution in [3.8, 4) is 11.5 Å². The zero-order chi connectivity index (χ0) is 25.8. The Morgan fingerprint density at radius 2 is 1.69 bits per heavy atom. The van der Waals surface area contributed by atoms with Crippen LogP contribution in [-0.2, 0) is 11.2 Å². The second-order valence-electron chi connectivity index (χ2n) is 9.13. The minimum Gasteiger partial charge on any atom is -0.496 e. The highest BCUT2D eigenvalue weighted by molar-refractivity contribution is 7.99. The van der Waals surface area contributed by atoms with E-state index in [0.717, 1.165) is 17.0 Å². The number of amides is 1. The van der Waals surface area contributed by atoms with E-state index in [2.05, 4.69) is 4.72 Å². The molecule has 0 heterocycles. The SMILES string of the molecule is COc1ccccc1CCN(CCCCC(=O)c1ccc(OC)c(NSC)c1)C(=O)OC(C)(C)C. The number of unbranched alkanes of at least 4 members (excludes halogenated alkanes) is 1. The van der Waals surface area contributed by atoms with Gasteiger partial charge in [-0.2, -0.15) is 0 Å². The van der Waals surface area contributed by atoms with Crippen molar-refractivity contribution >= 4 is 29.5 Å². The lowest BCUT2D eigenvalue weighted by Gasteiger charge is -2.27. The fraction of sp³-hybridized carbons (Fsp3) is 0.481. The van der Waals surface area contributed by atoms with E-state index in [-0.39, 0.29) is 11.9 Å². The number of carbonyl (C=O) groups is 2. The Morgan fingerprint density at radius 1 is 0.971 bits per heavy atom. The van der Waals surface area contributed by atoms with Gasteiger partial charge < -0.3 is 23.8 Å². The largest absolute Gasteiger partial charge is 0.496 e. The molecule has 1 amide bonds. The highest BCUT2D eigenvalue weighted by atomic mass is 32.2. The fourth-order valence-corrected chi connectivity index (χ4v) is 3.97. The maximum absolute atomic E-state index is 12.8. The second kappa shape index (κ2) is 13.9. The van der Waals surface area contributed by atoms with Crippen molar-refractivity contribution in [1.29, 1.82) is 0 Å². The molecule has 0 unspecified atom stereocenters. The molecule has 0 aliphatic heterocycles. The molecule has 7 nitrogen and oxygen atoms in total. The number of ketones is 1. The lowest BCUT2D eigenvalue weighted by atomic mass is 10.0. The van der Waals surface area contributed by atoms with Crippen LogP contribution in [-0.4, -0.2) is 55.9 Å². The van der Waals surface area contributed by atoms with Crippen LogP contribution in [0.25, 0.3) is 0 Å². The zero-order valence-corrected chi connectivity index (χ0v) is 22.5. The number of benzene rings is 2. The highest BCUT2D eigenvalue weighted by Gasteiger charge is 2.22. The molecule has 0 aromatic heterocycles. The molecule has 0 aliphatic rings. The van der Waals surface area contributed by atoms with Crippen LogP contribution < -0.4 is 14.2 Å². The second-order valence-corrected chi connectivity index (χ2v) is 9.74. The lowest BCUT2D eigenvalue weighted by Crippen LogP contribution is -2.38. The molecule has 0 bridgehead atoms. The van der Waals surface area contributed by atoms with Crippen LogP contribution in [0, 0.1) is 0 Å². The first kappa shape index (κ1) is 28.4. The molecule has 0 fully saturated rings. The van der Waals surface area contributed by atoms with Gasteiger partial charge in [0.1, 0.15) is 17.1 Å². The summed E-state index contributed by atoms with van der Waals surface area (Å²) in [5, 5.41) is 0. The molecule has 0 saturated heterocycles. The van der Waals surface area contributed by atoms with Crippen molar-refractivity contribution in [2.45, 2.75) is 52.1 Å². The van der Waals surface area contributed by atoms with Gasteiger partial charge in [0.2, 0.25) is 0 Å². The summed E-state index contributed by atoms with van der Waals surface area (Å²) in [6, 6.07) is 13.2. The van der Waals surface area contributed by atoms with Gasteiger partial charge in [0.25, 0.3) is 0 Å². The topological polar surface area (TPSA) is 77.1 Å². The number of Topliss-reactive ketones (excluding diaryl/α,β-unsaturated/α-hetero) is 1. The molecule has 0 atom stereocenters. The molecule has 0 saturated carbocycles. The van der Waals surface area contributed by atoms with E-state index in [1.54, 1.807) is 31.3 Å². The molecular formula is C27H38N2O5S. The van der Waals surface area contributed by atoms with Crippen LogP contribution in [0.4, 0.5) is 10.5 Å². The van der Waals surface area contributed by atoms with E-state index in [0.29, 0.717) is 50.1 Å². The third kappa shape index (κ3) is 9.36. The summed E-state index contributed by atoms with van der Waals surface area (Å²) in [5.41, 5.74) is 1.88. The van der Waals surface area contributed by atoms with Gasteiger partial charge in [0.05, 0.1) is 19.9 Å². The lowest BCUT2D eigenvalue weighted by molar-refractivity contribution is 0.0249. The van der Waals surface area contributed by atoms with E-state index in [9.17, 15) is 9.59 Å². The summed E-state index contributed by atoms with van der Waals surface area (Å²) in [4.78, 5) is 27.3. The molecule has 0 radical (unpaired) electrons. The fourth-order valence-electron chi connectivity index (χ4n) is 3.59. The van der Waals surface area contributed by atoms with E-state index in [4.69, 9.17) is 14.2 Å². The van der Waals surface area contributed by atoms with Crippen molar-refractivity contribution < 1.29 is 23.8 Å². The number of para-hydroxylation sites is 1. The molecule has 2 aromatic carbocycles. The molecule has 2 rings (SSSR count). The number of nitrogens with zero attached hydrogens (tertiary/aromatic N) is 1. The molecule has 0 spiro atoms. The third-order valence-corrected chi connectivity index (χ3v) is 5.73. The molecule has 192 valence electrons. The van der Waals surface area contributed by atoms with Gasteiger partial charge in [-0.1, -0.05) is 30.1 Å². The summed E-state index contributed by atoms with van der Waals surface area (Å²) >= 11 is 1.44. The highest BCUT2D eigenvalue weighted by Crippen LogP contribution is 2.28. The maximum atomic E-state index is 12.8. The van der Waals surface area contributed by atoms with Crippen molar-refractivity contribution in [2.24, 2.45) is 0 Å². The van der Waals surface area contributed by atoms with Crippen molar-refractivity contribution in [1.82, 2.24) is 4.90 Å². The molecule has 35 heavy (non-hydrogen) atoms. The van der Waals surface area contributed by atoms with Crippen LogP contribution in [0.15, 0.2) is 42.5 Å². The predicted molar refractivity (Wildman–Crippen MR) is 143 cm³/mol. The van der Waals surface area contributed by atoms with E-state index < -0.39 is 5.60 Å². The molecule has 0 aliphatic carbocycles. The number of ether oxygens (including phenoxy) is 3. The Kier molecular flexibility index (Phi) is 11.2. The third-order valence-electron chi connectivity index (χ3n) is 5.31. The van der Waals surface area contributed by atoms with Crippen LogP contribution in [0.3, 0.4) is 0 Å². The van der Waals surface area contributed by atoms with Crippen molar-refractivity contribution in [3.05, 3.63) is 53.6 Å². The van der Waals surface area contributed by atoms with Gasteiger partial charge in [-0.05, 0) is 69.9 Å². The first-order chi connectivity index (χ1) is 16.7. The number of hydrogen-bond donors (Lipinski definition) is 1. The predicted octanol–water partition coefficient (Wildman–Crippen LogP) is 6.23. The number of methoxy groups -OCH3 is 2. The van der Waals surface area contributed by atoms with Crippen LogP contribution in [0.5, 0.6) is 11.5 Å². The standard InChI is InChI=1S/C27H38N2O5S/c1-27(2,3)34-26(31)29(18-16-20-11-7-8-13-24(20)32-4)17-10-9-12-23(30)21-14-15-25(33-5)22(19-21)28-35-6/h7-8,11,13-15,19,28H,9-10,12,16-18H2,1-6H3. The number of anilines is 1. The van der Waals surface area contributed by atoms with Gasteiger partial charge in [-0.15, -0.1) is 0 Å².